The first-order valence-electron chi connectivity index (χ1n) is 7.19. The fraction of sp³-hybridized carbons (Fsp3) is 0.467. The van der Waals surface area contributed by atoms with E-state index >= 15 is 0 Å². The first-order chi connectivity index (χ1) is 10.5. The van der Waals surface area contributed by atoms with Crippen LogP contribution in [0.2, 0.25) is 0 Å². The number of rotatable bonds is 2. The summed E-state index contributed by atoms with van der Waals surface area (Å²) in [4.78, 5) is 37.7. The van der Waals surface area contributed by atoms with Crippen LogP contribution < -0.4 is 0 Å². The molecule has 22 heavy (non-hydrogen) atoms. The molecule has 2 aromatic heterocycles. The first-order valence-corrected chi connectivity index (χ1v) is 8.01. The van der Waals surface area contributed by atoms with Crippen molar-refractivity contribution < 1.29 is 9.59 Å². The minimum absolute atomic E-state index is 0.0268. The van der Waals surface area contributed by atoms with Crippen molar-refractivity contribution in [2.45, 2.75) is 19.3 Å². The molecule has 1 aliphatic rings. The molecule has 3 rings (SSSR count). The van der Waals surface area contributed by atoms with Crippen molar-refractivity contribution in [3.05, 3.63) is 22.8 Å². The highest BCUT2D eigenvalue weighted by Gasteiger charge is 2.32. The maximum absolute atomic E-state index is 12.5. The van der Waals surface area contributed by atoms with Gasteiger partial charge < -0.3 is 9.80 Å². The van der Waals surface area contributed by atoms with Crippen LogP contribution in [0.3, 0.4) is 0 Å². The van der Waals surface area contributed by atoms with Gasteiger partial charge in [0.2, 0.25) is 5.91 Å². The number of carbonyl (C=O) groups is 2. The maximum Gasteiger partial charge on any atom is 0.263 e. The summed E-state index contributed by atoms with van der Waals surface area (Å²) in [7, 11) is 3.49. The number of aromatic nitrogens is 2. The van der Waals surface area contributed by atoms with Gasteiger partial charge in [0.15, 0.2) is 0 Å². The van der Waals surface area contributed by atoms with E-state index in [0.29, 0.717) is 11.4 Å². The summed E-state index contributed by atoms with van der Waals surface area (Å²) in [5.41, 5.74) is 1.75. The number of amides is 2. The summed E-state index contributed by atoms with van der Waals surface area (Å²) in [5, 5.41) is 0. The van der Waals surface area contributed by atoms with Crippen LogP contribution in [-0.2, 0) is 4.79 Å². The van der Waals surface area contributed by atoms with E-state index in [9.17, 15) is 9.59 Å². The molecule has 116 valence electrons. The molecule has 1 atom stereocenters. The molecule has 0 radical (unpaired) electrons. The van der Waals surface area contributed by atoms with Gasteiger partial charge in [-0.2, -0.15) is 0 Å². The summed E-state index contributed by atoms with van der Waals surface area (Å²) >= 11 is 1.39. The monoisotopic (exact) mass is 318 g/mol. The number of fused-ring (bicyclic) bond motifs is 1. The van der Waals surface area contributed by atoms with Crippen LogP contribution >= 0.6 is 11.3 Å². The molecule has 1 fully saturated rings. The van der Waals surface area contributed by atoms with Gasteiger partial charge in [-0.3, -0.25) is 14.6 Å². The van der Waals surface area contributed by atoms with E-state index in [4.69, 9.17) is 0 Å². The second kappa shape index (κ2) is 5.64. The Morgan fingerprint density at radius 3 is 2.68 bits per heavy atom. The molecule has 0 bridgehead atoms. The molecule has 0 saturated carbocycles. The van der Waals surface area contributed by atoms with Gasteiger partial charge >= 0.3 is 0 Å². The molecular formula is C15H18N4O2S. The Hall–Kier alpha value is -2.02. The average Bonchev–Trinajstić information content (AvgIpc) is 3.10. The second-order valence-electron chi connectivity index (χ2n) is 5.71. The Labute approximate surface area is 132 Å². The molecular weight excluding hydrogens is 300 g/mol. The van der Waals surface area contributed by atoms with E-state index < -0.39 is 0 Å². The lowest BCUT2D eigenvalue weighted by molar-refractivity contribution is -0.127. The lowest BCUT2D eigenvalue weighted by Crippen LogP contribution is -2.26. The molecule has 6 nitrogen and oxygen atoms in total. The molecule has 3 heterocycles. The van der Waals surface area contributed by atoms with Gasteiger partial charge in [0.25, 0.3) is 5.91 Å². The third-order valence-corrected chi connectivity index (χ3v) is 5.10. The van der Waals surface area contributed by atoms with Crippen molar-refractivity contribution in [3.8, 4) is 0 Å². The predicted octanol–water partition coefficient (Wildman–Crippen LogP) is 1.73. The van der Waals surface area contributed by atoms with Crippen molar-refractivity contribution in [2.75, 3.05) is 27.2 Å². The van der Waals surface area contributed by atoms with Crippen LogP contribution in [0.4, 0.5) is 0 Å². The second-order valence-corrected chi connectivity index (χ2v) is 6.70. The highest BCUT2D eigenvalue weighted by Crippen LogP contribution is 2.38. The lowest BCUT2D eigenvalue weighted by Gasteiger charge is -2.16. The summed E-state index contributed by atoms with van der Waals surface area (Å²) in [6, 6.07) is 0. The van der Waals surface area contributed by atoms with Crippen LogP contribution in [0.15, 0.2) is 12.4 Å². The standard InChI is InChI=1S/C15H18N4O2S/c1-9(20)19-7-4-10(8-19)11-12-14(17-6-5-16-12)22-13(11)15(21)18(2)3/h5-6,10H,4,7-8H2,1-3H3. The Morgan fingerprint density at radius 1 is 1.32 bits per heavy atom. The molecule has 2 aromatic rings. The van der Waals surface area contributed by atoms with Gasteiger partial charge in [0.1, 0.15) is 10.3 Å². The van der Waals surface area contributed by atoms with E-state index in [-0.39, 0.29) is 17.7 Å². The summed E-state index contributed by atoms with van der Waals surface area (Å²) in [5.74, 6) is 0.197. The third-order valence-electron chi connectivity index (χ3n) is 4.01. The highest BCUT2D eigenvalue weighted by molar-refractivity contribution is 7.20. The molecule has 0 aliphatic carbocycles. The fourth-order valence-corrected chi connectivity index (χ4v) is 4.08. The van der Waals surface area contributed by atoms with Crippen molar-refractivity contribution in [3.63, 3.8) is 0 Å². The molecule has 0 spiro atoms. The van der Waals surface area contributed by atoms with Gasteiger partial charge in [-0.1, -0.05) is 0 Å². The molecule has 1 aliphatic heterocycles. The Bertz CT molecular complexity index is 740. The average molecular weight is 318 g/mol. The van der Waals surface area contributed by atoms with Crippen molar-refractivity contribution in [2.24, 2.45) is 0 Å². The molecule has 2 amide bonds. The number of hydrogen-bond donors (Lipinski definition) is 0. The zero-order chi connectivity index (χ0) is 15.9. The van der Waals surface area contributed by atoms with Gasteiger partial charge in [0.05, 0.1) is 4.88 Å². The smallest absolute Gasteiger partial charge is 0.263 e. The van der Waals surface area contributed by atoms with Gasteiger partial charge in [-0.25, -0.2) is 4.98 Å². The maximum atomic E-state index is 12.5. The summed E-state index contributed by atoms with van der Waals surface area (Å²) in [6.45, 7) is 2.96. The number of nitrogens with zero attached hydrogens (tertiary/aromatic N) is 4. The van der Waals surface area contributed by atoms with E-state index in [2.05, 4.69) is 9.97 Å². The van der Waals surface area contributed by atoms with E-state index in [0.717, 1.165) is 28.9 Å². The highest BCUT2D eigenvalue weighted by atomic mass is 32.1. The predicted molar refractivity (Wildman–Crippen MR) is 85.0 cm³/mol. The van der Waals surface area contributed by atoms with Crippen LogP contribution in [-0.4, -0.2) is 58.8 Å². The van der Waals surface area contributed by atoms with Crippen molar-refractivity contribution >= 4 is 33.5 Å². The molecule has 7 heteroatoms. The minimum atomic E-state index is -0.0268. The van der Waals surface area contributed by atoms with Crippen LogP contribution in [0.25, 0.3) is 10.3 Å². The Balaban J connectivity index is 2.09. The Kier molecular flexibility index (Phi) is 3.82. The Morgan fingerprint density at radius 2 is 2.05 bits per heavy atom. The topological polar surface area (TPSA) is 66.4 Å². The molecule has 1 unspecified atom stereocenters. The lowest BCUT2D eigenvalue weighted by atomic mass is 9.97. The van der Waals surface area contributed by atoms with E-state index in [1.807, 2.05) is 4.90 Å². The van der Waals surface area contributed by atoms with Crippen molar-refractivity contribution in [1.82, 2.24) is 19.8 Å². The number of carbonyl (C=O) groups excluding carboxylic acids is 2. The zero-order valence-electron chi connectivity index (χ0n) is 12.9. The first kappa shape index (κ1) is 14.9. The van der Waals surface area contributed by atoms with E-state index in [1.165, 1.54) is 11.3 Å². The molecule has 0 aromatic carbocycles. The number of likely N-dealkylation sites (tertiary alicyclic amines) is 1. The van der Waals surface area contributed by atoms with Crippen LogP contribution in [0, 0.1) is 0 Å². The number of thiophene rings is 1. The van der Waals surface area contributed by atoms with Crippen LogP contribution in [0.5, 0.6) is 0 Å². The van der Waals surface area contributed by atoms with Gasteiger partial charge in [-0.15, -0.1) is 11.3 Å². The normalized spacial score (nSPS) is 18.0. The largest absolute Gasteiger partial charge is 0.344 e. The van der Waals surface area contributed by atoms with Gasteiger partial charge in [0, 0.05) is 58.0 Å². The summed E-state index contributed by atoms with van der Waals surface area (Å²) in [6.07, 6.45) is 4.15. The SMILES string of the molecule is CC(=O)N1CCC(c2c(C(=O)N(C)C)sc3nccnc23)C1. The summed E-state index contributed by atoms with van der Waals surface area (Å²) < 4.78 is 0. The van der Waals surface area contributed by atoms with Crippen LogP contribution in [0.1, 0.15) is 34.5 Å². The minimum Gasteiger partial charge on any atom is -0.344 e. The quantitative estimate of drug-likeness (QED) is 0.846. The molecule has 1 saturated heterocycles. The fourth-order valence-electron chi connectivity index (χ4n) is 2.87. The number of hydrogen-bond acceptors (Lipinski definition) is 5. The third kappa shape index (κ3) is 2.45. The van der Waals surface area contributed by atoms with Crippen molar-refractivity contribution in [1.29, 1.82) is 0 Å². The van der Waals surface area contributed by atoms with Gasteiger partial charge in [-0.05, 0) is 6.42 Å². The molecule has 0 N–H and O–H groups in total. The zero-order valence-corrected chi connectivity index (χ0v) is 13.7. The van der Waals surface area contributed by atoms with E-state index in [1.54, 1.807) is 38.3 Å².